The Bertz CT molecular complexity index is 330. The second kappa shape index (κ2) is 10.3. The average Bonchev–Trinajstić information content (AvgIpc) is 2.87. The highest BCUT2D eigenvalue weighted by Crippen LogP contribution is 2.20. The molecule has 0 aliphatic carbocycles. The summed E-state index contributed by atoms with van der Waals surface area (Å²) in [5, 5.41) is 2.03. The van der Waals surface area contributed by atoms with Gasteiger partial charge in [0.25, 0.3) is 0 Å². The Balaban J connectivity index is 0.000000394. The van der Waals surface area contributed by atoms with Gasteiger partial charge >= 0.3 is 0 Å². The molecular formula is C13H20N2S. The summed E-state index contributed by atoms with van der Waals surface area (Å²) in [4.78, 5) is 9.32. The first-order valence-corrected chi connectivity index (χ1v) is 6.56. The summed E-state index contributed by atoms with van der Waals surface area (Å²) in [6.45, 7) is 8.25. The molecule has 0 N–H and O–H groups in total. The fourth-order valence-electron chi connectivity index (χ4n) is 0.851. The molecule has 2 nitrogen and oxygen atoms in total. The highest BCUT2D eigenvalue weighted by Gasteiger charge is 1.96. The lowest BCUT2D eigenvalue weighted by Gasteiger charge is -1.91. The Morgan fingerprint density at radius 2 is 1.88 bits per heavy atom. The van der Waals surface area contributed by atoms with Crippen LogP contribution in [0.25, 0.3) is 10.6 Å². The third kappa shape index (κ3) is 5.61. The summed E-state index contributed by atoms with van der Waals surface area (Å²) in [6, 6.07) is 4.04. The third-order valence-electron chi connectivity index (χ3n) is 1.34. The van der Waals surface area contributed by atoms with Crippen LogP contribution < -0.4 is 0 Å². The second-order valence-corrected chi connectivity index (χ2v) is 3.72. The van der Waals surface area contributed by atoms with Gasteiger partial charge in [0.2, 0.25) is 0 Å². The molecule has 16 heavy (non-hydrogen) atoms. The van der Waals surface area contributed by atoms with Crippen LogP contribution >= 0.6 is 11.3 Å². The lowest BCUT2D eigenvalue weighted by molar-refractivity contribution is 1.09. The molecule has 0 fully saturated rings. The lowest BCUT2D eigenvalue weighted by atomic mass is 10.4. The van der Waals surface area contributed by atoms with Gasteiger partial charge in [0, 0.05) is 12.4 Å². The molecule has 0 spiro atoms. The van der Waals surface area contributed by atoms with Crippen LogP contribution in [0.15, 0.2) is 36.1 Å². The van der Waals surface area contributed by atoms with E-state index >= 15 is 0 Å². The molecule has 2 heterocycles. The Kier molecular flexibility index (Phi) is 9.52. The molecule has 2 aromatic heterocycles. The molecule has 2 aromatic rings. The van der Waals surface area contributed by atoms with Gasteiger partial charge in [-0.3, -0.25) is 9.97 Å². The summed E-state index contributed by atoms with van der Waals surface area (Å²) in [6.07, 6.45) is 6.40. The van der Waals surface area contributed by atoms with Crippen molar-refractivity contribution < 1.29 is 0 Å². The topological polar surface area (TPSA) is 25.8 Å². The highest BCUT2D eigenvalue weighted by molar-refractivity contribution is 7.13. The molecule has 0 saturated carbocycles. The Labute approximate surface area is 102 Å². The Hall–Kier alpha value is -1.22. The van der Waals surface area contributed by atoms with Crippen LogP contribution in [0.3, 0.4) is 0 Å². The van der Waals surface area contributed by atoms with Gasteiger partial charge in [0.15, 0.2) is 0 Å². The maximum absolute atomic E-state index is 4.17. The zero-order chi connectivity index (χ0) is 12.2. The van der Waals surface area contributed by atoms with Gasteiger partial charge in [0.1, 0.15) is 0 Å². The van der Waals surface area contributed by atoms with Crippen molar-refractivity contribution in [2.24, 2.45) is 0 Å². The molecule has 88 valence electrons. The molecular weight excluding hydrogens is 216 g/mol. The van der Waals surface area contributed by atoms with Crippen LogP contribution in [-0.2, 0) is 0 Å². The standard InChI is InChI=1S/C8H6N2S.C3H8.C2H6/c1-2-8(11-5-1)7-6-9-3-4-10-7;1-3-2;1-2/h1-6H;3H2,1-2H3;1-2H3. The van der Waals surface area contributed by atoms with Crippen molar-refractivity contribution >= 4 is 11.3 Å². The molecule has 0 unspecified atom stereocenters. The van der Waals surface area contributed by atoms with Crippen molar-refractivity contribution in [3.63, 3.8) is 0 Å². The molecule has 0 radical (unpaired) electrons. The van der Waals surface area contributed by atoms with Gasteiger partial charge in [-0.2, -0.15) is 0 Å². The van der Waals surface area contributed by atoms with Gasteiger partial charge in [-0.15, -0.1) is 11.3 Å². The number of hydrogen-bond acceptors (Lipinski definition) is 3. The molecule has 0 bridgehead atoms. The zero-order valence-corrected chi connectivity index (χ0v) is 11.3. The van der Waals surface area contributed by atoms with E-state index in [1.54, 1.807) is 29.9 Å². The summed E-state index contributed by atoms with van der Waals surface area (Å²) >= 11 is 1.67. The third-order valence-corrected chi connectivity index (χ3v) is 2.23. The normalized spacial score (nSPS) is 8.25. The minimum absolute atomic E-state index is 0.947. The van der Waals surface area contributed by atoms with Gasteiger partial charge in [-0.25, -0.2) is 0 Å². The Morgan fingerprint density at radius 3 is 2.31 bits per heavy atom. The maximum Gasteiger partial charge on any atom is 0.0984 e. The van der Waals surface area contributed by atoms with E-state index in [4.69, 9.17) is 0 Å². The molecule has 2 rings (SSSR count). The molecule has 0 atom stereocenters. The quantitative estimate of drug-likeness (QED) is 0.720. The van der Waals surface area contributed by atoms with Crippen LogP contribution in [0.5, 0.6) is 0 Å². The number of rotatable bonds is 1. The number of nitrogens with zero attached hydrogens (tertiary/aromatic N) is 2. The lowest BCUT2D eigenvalue weighted by Crippen LogP contribution is -1.79. The van der Waals surface area contributed by atoms with Crippen molar-refractivity contribution in [2.75, 3.05) is 0 Å². The average molecular weight is 236 g/mol. The predicted octanol–water partition coefficient (Wildman–Crippen LogP) is 4.65. The van der Waals surface area contributed by atoms with Crippen molar-refractivity contribution in [3.05, 3.63) is 36.1 Å². The van der Waals surface area contributed by atoms with Crippen molar-refractivity contribution in [2.45, 2.75) is 34.1 Å². The van der Waals surface area contributed by atoms with Crippen LogP contribution in [0, 0.1) is 0 Å². The van der Waals surface area contributed by atoms with Crippen molar-refractivity contribution in [1.82, 2.24) is 9.97 Å². The summed E-state index contributed by atoms with van der Waals surface area (Å²) in [5.74, 6) is 0. The zero-order valence-electron chi connectivity index (χ0n) is 10.5. The first kappa shape index (κ1) is 14.8. The van der Waals surface area contributed by atoms with E-state index in [0.717, 1.165) is 10.6 Å². The van der Waals surface area contributed by atoms with Crippen LogP contribution in [0.2, 0.25) is 0 Å². The minimum Gasteiger partial charge on any atom is -0.261 e. The molecule has 0 aliphatic heterocycles. The van der Waals surface area contributed by atoms with Gasteiger partial charge in [-0.05, 0) is 11.4 Å². The number of aromatic nitrogens is 2. The first-order valence-electron chi connectivity index (χ1n) is 5.68. The number of thiophene rings is 1. The monoisotopic (exact) mass is 236 g/mol. The fraction of sp³-hybridized carbons (Fsp3) is 0.385. The van der Waals surface area contributed by atoms with Crippen molar-refractivity contribution in [3.8, 4) is 10.6 Å². The van der Waals surface area contributed by atoms with E-state index in [1.165, 1.54) is 6.42 Å². The molecule has 0 amide bonds. The summed E-state index contributed by atoms with van der Waals surface area (Å²) in [5.41, 5.74) is 0.947. The minimum atomic E-state index is 0.947. The SMILES string of the molecule is CC.CCC.c1csc(-c2cnccn2)c1. The molecule has 0 aromatic carbocycles. The smallest absolute Gasteiger partial charge is 0.0984 e. The van der Waals surface area contributed by atoms with E-state index < -0.39 is 0 Å². The number of hydrogen-bond donors (Lipinski definition) is 0. The van der Waals surface area contributed by atoms with Gasteiger partial charge in [0.05, 0.1) is 16.8 Å². The van der Waals surface area contributed by atoms with Crippen LogP contribution in [-0.4, -0.2) is 9.97 Å². The van der Waals surface area contributed by atoms with Crippen LogP contribution in [0.4, 0.5) is 0 Å². The van der Waals surface area contributed by atoms with E-state index in [9.17, 15) is 0 Å². The van der Waals surface area contributed by atoms with Crippen LogP contribution in [0.1, 0.15) is 34.1 Å². The molecule has 3 heteroatoms. The van der Waals surface area contributed by atoms with E-state index in [1.807, 2.05) is 31.4 Å². The summed E-state index contributed by atoms with van der Waals surface area (Å²) in [7, 11) is 0. The fourth-order valence-corrected chi connectivity index (χ4v) is 1.54. The predicted molar refractivity (Wildman–Crippen MR) is 72.7 cm³/mol. The maximum atomic E-state index is 4.17. The highest BCUT2D eigenvalue weighted by atomic mass is 32.1. The van der Waals surface area contributed by atoms with E-state index in [0.29, 0.717) is 0 Å². The van der Waals surface area contributed by atoms with Crippen molar-refractivity contribution in [1.29, 1.82) is 0 Å². The van der Waals surface area contributed by atoms with E-state index in [-0.39, 0.29) is 0 Å². The van der Waals surface area contributed by atoms with E-state index in [2.05, 4.69) is 23.8 Å². The molecule has 0 aliphatic rings. The first-order chi connectivity index (χ1) is 7.88. The second-order valence-electron chi connectivity index (χ2n) is 2.78. The summed E-state index contributed by atoms with van der Waals surface area (Å²) < 4.78 is 0. The van der Waals surface area contributed by atoms with Gasteiger partial charge < -0.3 is 0 Å². The van der Waals surface area contributed by atoms with Gasteiger partial charge in [-0.1, -0.05) is 40.2 Å². The largest absolute Gasteiger partial charge is 0.261 e. The molecule has 0 saturated heterocycles. The Morgan fingerprint density at radius 1 is 1.19 bits per heavy atom.